The molecule has 0 aliphatic carbocycles. The average molecular weight is 270 g/mol. The first-order valence-corrected chi connectivity index (χ1v) is 6.88. The van der Waals surface area contributed by atoms with Gasteiger partial charge >= 0.3 is 0 Å². The molecule has 3 nitrogen and oxygen atoms in total. The monoisotopic (exact) mass is 269 g/mol. The van der Waals surface area contributed by atoms with E-state index >= 15 is 0 Å². The van der Waals surface area contributed by atoms with Crippen LogP contribution < -0.4 is 10.1 Å². The van der Waals surface area contributed by atoms with Crippen molar-refractivity contribution in [1.82, 2.24) is 5.32 Å². The first-order valence-electron chi connectivity index (χ1n) is 6.50. The van der Waals surface area contributed by atoms with Crippen molar-refractivity contribution in [1.29, 1.82) is 0 Å². The number of aryl methyl sites for hydroxylation is 1. The third-order valence-corrected chi connectivity index (χ3v) is 4.02. The van der Waals surface area contributed by atoms with Gasteiger partial charge in [-0.2, -0.15) is 0 Å². The summed E-state index contributed by atoms with van der Waals surface area (Å²) in [5, 5.41) is 14.4. The summed E-state index contributed by atoms with van der Waals surface area (Å²) < 4.78 is 5.24. The molecule has 0 aromatic heterocycles. The summed E-state index contributed by atoms with van der Waals surface area (Å²) >= 11 is 6.42. The normalized spacial score (nSPS) is 19.8. The van der Waals surface area contributed by atoms with Crippen LogP contribution in [-0.4, -0.2) is 18.8 Å². The van der Waals surface area contributed by atoms with E-state index in [-0.39, 0.29) is 11.8 Å². The summed E-state index contributed by atoms with van der Waals surface area (Å²) in [6.45, 7) is 3.02. The SMILES string of the molecule is CCc1cc(OC)c(O)c(C2CCCCN2)c1Cl. The highest BCUT2D eigenvalue weighted by Gasteiger charge is 2.25. The molecule has 1 saturated heterocycles. The summed E-state index contributed by atoms with van der Waals surface area (Å²) in [5.74, 6) is 0.692. The molecule has 1 aromatic rings. The Bertz CT molecular complexity index is 400. The van der Waals surface area contributed by atoms with E-state index in [1.165, 1.54) is 6.42 Å². The number of phenolic OH excluding ortho intramolecular Hbond substituents is 1. The molecule has 1 atom stereocenters. The molecular weight excluding hydrogens is 250 g/mol. The molecule has 0 saturated carbocycles. The zero-order valence-electron chi connectivity index (χ0n) is 10.9. The van der Waals surface area contributed by atoms with Gasteiger partial charge in [0.15, 0.2) is 11.5 Å². The minimum atomic E-state index is 0.131. The van der Waals surface area contributed by atoms with Crippen LogP contribution in [0.5, 0.6) is 11.5 Å². The van der Waals surface area contributed by atoms with Crippen LogP contribution >= 0.6 is 11.6 Å². The van der Waals surface area contributed by atoms with Crippen LogP contribution in [0.25, 0.3) is 0 Å². The fourth-order valence-electron chi connectivity index (χ4n) is 2.53. The first kappa shape index (κ1) is 13.5. The van der Waals surface area contributed by atoms with Crippen molar-refractivity contribution >= 4 is 11.6 Å². The molecule has 100 valence electrons. The summed E-state index contributed by atoms with van der Waals surface area (Å²) in [7, 11) is 1.57. The Morgan fingerprint density at radius 1 is 1.50 bits per heavy atom. The van der Waals surface area contributed by atoms with Crippen molar-refractivity contribution in [2.75, 3.05) is 13.7 Å². The van der Waals surface area contributed by atoms with E-state index in [0.29, 0.717) is 10.8 Å². The predicted molar refractivity (Wildman–Crippen MR) is 73.6 cm³/mol. The van der Waals surface area contributed by atoms with Crippen LogP contribution in [-0.2, 0) is 6.42 Å². The summed E-state index contributed by atoms with van der Waals surface area (Å²) in [6, 6.07) is 1.95. The molecule has 0 radical (unpaired) electrons. The number of aromatic hydroxyl groups is 1. The fraction of sp³-hybridized carbons (Fsp3) is 0.571. The molecule has 18 heavy (non-hydrogen) atoms. The van der Waals surface area contributed by atoms with E-state index in [0.717, 1.165) is 36.9 Å². The second-order valence-corrected chi connectivity index (χ2v) is 5.05. The maximum absolute atomic E-state index is 10.3. The van der Waals surface area contributed by atoms with Crippen LogP contribution in [0.4, 0.5) is 0 Å². The number of halogens is 1. The van der Waals surface area contributed by atoms with Gasteiger partial charge in [-0.1, -0.05) is 24.9 Å². The molecule has 0 bridgehead atoms. The highest BCUT2D eigenvalue weighted by Crippen LogP contribution is 2.43. The minimum absolute atomic E-state index is 0.131. The van der Waals surface area contributed by atoms with Crippen LogP contribution in [0.3, 0.4) is 0 Å². The lowest BCUT2D eigenvalue weighted by molar-refractivity contribution is 0.354. The van der Waals surface area contributed by atoms with Gasteiger partial charge in [0.05, 0.1) is 12.1 Å². The molecule has 0 amide bonds. The molecular formula is C14H20ClNO2. The Labute approximate surface area is 113 Å². The molecule has 2 rings (SSSR count). The third kappa shape index (κ3) is 2.43. The Kier molecular flexibility index (Phi) is 4.36. The van der Waals surface area contributed by atoms with Crippen molar-refractivity contribution in [3.8, 4) is 11.5 Å². The zero-order chi connectivity index (χ0) is 13.1. The number of nitrogens with one attached hydrogen (secondary N) is 1. The highest BCUT2D eigenvalue weighted by molar-refractivity contribution is 6.32. The van der Waals surface area contributed by atoms with E-state index < -0.39 is 0 Å². The largest absolute Gasteiger partial charge is 0.504 e. The quantitative estimate of drug-likeness (QED) is 0.883. The van der Waals surface area contributed by atoms with Crippen molar-refractivity contribution in [2.24, 2.45) is 0 Å². The standard InChI is InChI=1S/C14H20ClNO2/c1-3-9-8-11(18-2)14(17)12(13(9)15)10-6-4-5-7-16-10/h8,10,16-17H,3-7H2,1-2H3. The highest BCUT2D eigenvalue weighted by atomic mass is 35.5. The van der Waals surface area contributed by atoms with Crippen molar-refractivity contribution in [3.05, 3.63) is 22.2 Å². The first-order chi connectivity index (χ1) is 8.69. The van der Waals surface area contributed by atoms with E-state index in [1.807, 2.05) is 6.07 Å². The van der Waals surface area contributed by atoms with Gasteiger partial charge in [-0.15, -0.1) is 0 Å². The van der Waals surface area contributed by atoms with E-state index in [9.17, 15) is 5.11 Å². The van der Waals surface area contributed by atoms with Crippen LogP contribution in [0.1, 0.15) is 43.4 Å². The summed E-state index contributed by atoms with van der Waals surface area (Å²) in [6.07, 6.45) is 4.17. The van der Waals surface area contributed by atoms with Crippen molar-refractivity contribution in [3.63, 3.8) is 0 Å². The molecule has 2 N–H and O–H groups in total. The van der Waals surface area contributed by atoms with Gasteiger partial charge in [-0.05, 0) is 37.4 Å². The fourth-order valence-corrected chi connectivity index (χ4v) is 2.94. The molecule has 0 spiro atoms. The summed E-state index contributed by atoms with van der Waals surface area (Å²) in [5.41, 5.74) is 1.82. The van der Waals surface area contributed by atoms with Gasteiger partial charge in [0.2, 0.25) is 0 Å². The Hall–Kier alpha value is -0.930. The molecule has 1 heterocycles. The van der Waals surface area contributed by atoms with Crippen molar-refractivity contribution < 1.29 is 9.84 Å². The number of rotatable bonds is 3. The second kappa shape index (κ2) is 5.81. The number of benzene rings is 1. The number of hydrogen-bond donors (Lipinski definition) is 2. The lowest BCUT2D eigenvalue weighted by Gasteiger charge is -2.27. The number of hydrogen-bond acceptors (Lipinski definition) is 3. The van der Waals surface area contributed by atoms with E-state index in [1.54, 1.807) is 7.11 Å². The van der Waals surface area contributed by atoms with Gasteiger partial charge in [0.25, 0.3) is 0 Å². The van der Waals surface area contributed by atoms with Crippen LogP contribution in [0.2, 0.25) is 5.02 Å². The molecule has 4 heteroatoms. The molecule has 1 unspecified atom stereocenters. The van der Waals surface area contributed by atoms with Gasteiger partial charge in [0.1, 0.15) is 0 Å². The lowest BCUT2D eigenvalue weighted by atomic mass is 9.94. The Morgan fingerprint density at radius 2 is 2.28 bits per heavy atom. The van der Waals surface area contributed by atoms with Gasteiger partial charge in [0, 0.05) is 11.6 Å². The van der Waals surface area contributed by atoms with Crippen LogP contribution in [0, 0.1) is 0 Å². The maximum atomic E-state index is 10.3. The van der Waals surface area contributed by atoms with Gasteiger partial charge in [-0.25, -0.2) is 0 Å². The number of piperidine rings is 1. The van der Waals surface area contributed by atoms with Crippen LogP contribution in [0.15, 0.2) is 6.07 Å². The van der Waals surface area contributed by atoms with E-state index in [4.69, 9.17) is 16.3 Å². The molecule has 1 aliphatic heterocycles. The van der Waals surface area contributed by atoms with Gasteiger partial charge in [-0.3, -0.25) is 0 Å². The predicted octanol–water partition coefficient (Wildman–Crippen LogP) is 3.43. The number of methoxy groups -OCH3 is 1. The number of ether oxygens (including phenoxy) is 1. The minimum Gasteiger partial charge on any atom is -0.504 e. The average Bonchev–Trinajstić information content (AvgIpc) is 2.40. The topological polar surface area (TPSA) is 41.5 Å². The maximum Gasteiger partial charge on any atom is 0.164 e. The second-order valence-electron chi connectivity index (χ2n) is 4.67. The Morgan fingerprint density at radius 3 is 2.83 bits per heavy atom. The smallest absolute Gasteiger partial charge is 0.164 e. The lowest BCUT2D eigenvalue weighted by Crippen LogP contribution is -2.27. The summed E-state index contributed by atoms with van der Waals surface area (Å²) in [4.78, 5) is 0. The molecule has 1 fully saturated rings. The third-order valence-electron chi connectivity index (χ3n) is 3.57. The van der Waals surface area contributed by atoms with Gasteiger partial charge < -0.3 is 15.2 Å². The Balaban J connectivity index is 2.48. The molecule has 1 aliphatic rings. The number of phenols is 1. The van der Waals surface area contributed by atoms with E-state index in [2.05, 4.69) is 12.2 Å². The zero-order valence-corrected chi connectivity index (χ0v) is 11.7. The van der Waals surface area contributed by atoms with Crippen molar-refractivity contribution in [2.45, 2.75) is 38.6 Å². The molecule has 1 aromatic carbocycles.